The average Bonchev–Trinajstić information content (AvgIpc) is 1.94. The van der Waals surface area contributed by atoms with E-state index in [-0.39, 0.29) is 6.10 Å². The van der Waals surface area contributed by atoms with E-state index in [0.717, 1.165) is 18.3 Å². The van der Waals surface area contributed by atoms with Gasteiger partial charge < -0.3 is 5.11 Å². The summed E-state index contributed by atoms with van der Waals surface area (Å²) in [6, 6.07) is 0. The quantitative estimate of drug-likeness (QED) is 0.618. The van der Waals surface area contributed by atoms with Gasteiger partial charge in [0.1, 0.15) is 0 Å². The van der Waals surface area contributed by atoms with Crippen LogP contribution >= 0.6 is 0 Å². The maximum atomic E-state index is 9.60. The van der Waals surface area contributed by atoms with Crippen molar-refractivity contribution >= 4 is 0 Å². The van der Waals surface area contributed by atoms with Gasteiger partial charge in [-0.2, -0.15) is 0 Å². The molecule has 0 spiro atoms. The van der Waals surface area contributed by atoms with Gasteiger partial charge in [-0.1, -0.05) is 20.8 Å². The highest BCUT2D eigenvalue weighted by atomic mass is 16.3. The first-order chi connectivity index (χ1) is 5.11. The molecular formula is C10H20O. The van der Waals surface area contributed by atoms with Crippen LogP contribution in [-0.2, 0) is 0 Å². The van der Waals surface area contributed by atoms with Crippen molar-refractivity contribution in [3.63, 3.8) is 0 Å². The standard InChI is InChI=1S/C10H20O/c1-7(2)9-5-4-8(3)10(11)6-9/h7-11H,4-6H2,1-3H3/t8-,9+,10?/m1/s1. The molecule has 0 aliphatic heterocycles. The van der Waals surface area contributed by atoms with Gasteiger partial charge in [0.05, 0.1) is 6.10 Å². The van der Waals surface area contributed by atoms with Crippen molar-refractivity contribution in [1.82, 2.24) is 0 Å². The molecule has 0 heterocycles. The maximum Gasteiger partial charge on any atom is 0.0568 e. The topological polar surface area (TPSA) is 20.2 Å². The molecule has 1 aliphatic carbocycles. The number of hydrogen-bond donors (Lipinski definition) is 1. The predicted molar refractivity (Wildman–Crippen MR) is 47.3 cm³/mol. The Balaban J connectivity index is 2.40. The van der Waals surface area contributed by atoms with Gasteiger partial charge in [0.2, 0.25) is 0 Å². The smallest absolute Gasteiger partial charge is 0.0568 e. The van der Waals surface area contributed by atoms with Crippen LogP contribution in [0.4, 0.5) is 0 Å². The second-order valence-corrected chi connectivity index (χ2v) is 4.36. The van der Waals surface area contributed by atoms with Gasteiger partial charge in [0.25, 0.3) is 0 Å². The predicted octanol–water partition coefficient (Wildman–Crippen LogP) is 2.44. The summed E-state index contributed by atoms with van der Waals surface area (Å²) >= 11 is 0. The third-order valence-electron chi connectivity index (χ3n) is 3.14. The van der Waals surface area contributed by atoms with E-state index in [4.69, 9.17) is 0 Å². The lowest BCUT2D eigenvalue weighted by Gasteiger charge is -2.33. The van der Waals surface area contributed by atoms with Crippen LogP contribution in [0.5, 0.6) is 0 Å². The van der Waals surface area contributed by atoms with E-state index >= 15 is 0 Å². The molecule has 1 aliphatic rings. The van der Waals surface area contributed by atoms with Crippen molar-refractivity contribution in [3.05, 3.63) is 0 Å². The van der Waals surface area contributed by atoms with E-state index in [1.807, 2.05) is 0 Å². The minimum atomic E-state index is -0.0313. The molecule has 0 bridgehead atoms. The summed E-state index contributed by atoms with van der Waals surface area (Å²) in [6.07, 6.45) is 3.52. The first kappa shape index (κ1) is 9.05. The fraction of sp³-hybridized carbons (Fsp3) is 1.00. The Labute approximate surface area is 69.8 Å². The summed E-state index contributed by atoms with van der Waals surface area (Å²) in [5, 5.41) is 9.60. The van der Waals surface area contributed by atoms with E-state index < -0.39 is 0 Å². The highest BCUT2D eigenvalue weighted by Gasteiger charge is 2.27. The lowest BCUT2D eigenvalue weighted by molar-refractivity contribution is 0.0410. The summed E-state index contributed by atoms with van der Waals surface area (Å²) in [7, 11) is 0. The van der Waals surface area contributed by atoms with Crippen molar-refractivity contribution in [2.45, 2.75) is 46.1 Å². The van der Waals surface area contributed by atoms with Crippen molar-refractivity contribution in [1.29, 1.82) is 0 Å². The molecule has 1 heteroatoms. The van der Waals surface area contributed by atoms with Gasteiger partial charge in [-0.25, -0.2) is 0 Å². The molecule has 1 N–H and O–H groups in total. The first-order valence-corrected chi connectivity index (χ1v) is 4.79. The van der Waals surface area contributed by atoms with Crippen LogP contribution in [0.3, 0.4) is 0 Å². The van der Waals surface area contributed by atoms with Gasteiger partial charge in [0.15, 0.2) is 0 Å². The Morgan fingerprint density at radius 2 is 1.91 bits per heavy atom. The molecule has 0 aromatic rings. The fourth-order valence-corrected chi connectivity index (χ4v) is 1.94. The molecule has 0 aromatic carbocycles. The molecule has 1 rings (SSSR count). The van der Waals surface area contributed by atoms with Crippen LogP contribution in [0, 0.1) is 17.8 Å². The summed E-state index contributed by atoms with van der Waals surface area (Å²) in [6.45, 7) is 6.67. The van der Waals surface area contributed by atoms with E-state index in [2.05, 4.69) is 20.8 Å². The third-order valence-corrected chi connectivity index (χ3v) is 3.14. The number of rotatable bonds is 1. The van der Waals surface area contributed by atoms with E-state index in [1.54, 1.807) is 0 Å². The molecule has 3 atom stereocenters. The van der Waals surface area contributed by atoms with Crippen LogP contribution in [0.2, 0.25) is 0 Å². The Kier molecular flexibility index (Phi) is 2.94. The number of hydrogen-bond acceptors (Lipinski definition) is 1. The molecule has 0 aromatic heterocycles. The van der Waals surface area contributed by atoms with Gasteiger partial charge in [-0.3, -0.25) is 0 Å². The largest absolute Gasteiger partial charge is 0.393 e. The van der Waals surface area contributed by atoms with Crippen molar-refractivity contribution in [3.8, 4) is 0 Å². The minimum absolute atomic E-state index is 0.0313. The lowest BCUT2D eigenvalue weighted by Crippen LogP contribution is -2.29. The van der Waals surface area contributed by atoms with Crippen molar-refractivity contribution in [2.75, 3.05) is 0 Å². The van der Waals surface area contributed by atoms with Crippen LogP contribution in [0.15, 0.2) is 0 Å². The summed E-state index contributed by atoms with van der Waals surface area (Å²) in [5.74, 6) is 2.04. The maximum absolute atomic E-state index is 9.60. The highest BCUT2D eigenvalue weighted by Crippen LogP contribution is 2.32. The molecule has 66 valence electrons. The van der Waals surface area contributed by atoms with Crippen molar-refractivity contribution in [2.24, 2.45) is 17.8 Å². The van der Waals surface area contributed by atoms with Crippen LogP contribution in [0.25, 0.3) is 0 Å². The fourth-order valence-electron chi connectivity index (χ4n) is 1.94. The normalized spacial score (nSPS) is 39.5. The molecule has 0 saturated heterocycles. The van der Waals surface area contributed by atoms with Gasteiger partial charge in [0, 0.05) is 0 Å². The molecule has 1 saturated carbocycles. The highest BCUT2D eigenvalue weighted by molar-refractivity contribution is 4.78. The average molecular weight is 156 g/mol. The zero-order valence-electron chi connectivity index (χ0n) is 7.88. The Morgan fingerprint density at radius 1 is 1.27 bits per heavy atom. The van der Waals surface area contributed by atoms with Gasteiger partial charge >= 0.3 is 0 Å². The molecule has 1 fully saturated rings. The number of aliphatic hydroxyl groups is 1. The Bertz CT molecular complexity index is 120. The van der Waals surface area contributed by atoms with E-state index in [1.165, 1.54) is 12.8 Å². The lowest BCUT2D eigenvalue weighted by atomic mass is 9.76. The molecule has 0 radical (unpaired) electrons. The SMILES string of the molecule is CC(C)[C@H]1CC[C@@H](C)C(O)C1. The second-order valence-electron chi connectivity index (χ2n) is 4.36. The van der Waals surface area contributed by atoms with Crippen LogP contribution in [0.1, 0.15) is 40.0 Å². The molecule has 11 heavy (non-hydrogen) atoms. The minimum Gasteiger partial charge on any atom is -0.393 e. The van der Waals surface area contributed by atoms with Crippen molar-refractivity contribution < 1.29 is 5.11 Å². The monoisotopic (exact) mass is 156 g/mol. The molecule has 1 unspecified atom stereocenters. The van der Waals surface area contributed by atoms with Crippen LogP contribution < -0.4 is 0 Å². The summed E-state index contributed by atoms with van der Waals surface area (Å²) < 4.78 is 0. The van der Waals surface area contributed by atoms with Gasteiger partial charge in [-0.15, -0.1) is 0 Å². The van der Waals surface area contributed by atoms with Gasteiger partial charge in [-0.05, 0) is 37.0 Å². The third kappa shape index (κ3) is 2.19. The van der Waals surface area contributed by atoms with E-state index in [0.29, 0.717) is 5.92 Å². The molecule has 1 nitrogen and oxygen atoms in total. The Morgan fingerprint density at radius 3 is 2.36 bits per heavy atom. The zero-order chi connectivity index (χ0) is 8.43. The molecular weight excluding hydrogens is 136 g/mol. The second kappa shape index (κ2) is 3.57. The van der Waals surface area contributed by atoms with E-state index in [9.17, 15) is 5.11 Å². The zero-order valence-corrected chi connectivity index (χ0v) is 7.88. The molecule has 0 amide bonds. The summed E-state index contributed by atoms with van der Waals surface area (Å²) in [5.41, 5.74) is 0. The summed E-state index contributed by atoms with van der Waals surface area (Å²) in [4.78, 5) is 0. The van der Waals surface area contributed by atoms with Crippen LogP contribution in [-0.4, -0.2) is 11.2 Å². The number of aliphatic hydroxyl groups excluding tert-OH is 1. The Hall–Kier alpha value is -0.0400. The first-order valence-electron chi connectivity index (χ1n) is 4.79.